The van der Waals surface area contributed by atoms with E-state index in [2.05, 4.69) is 57.3 Å². The summed E-state index contributed by atoms with van der Waals surface area (Å²) in [6.45, 7) is 10.9. The van der Waals surface area contributed by atoms with Gasteiger partial charge in [-0.2, -0.15) is 0 Å². The largest absolute Gasteiger partial charge is 0.491 e. The molecule has 1 aliphatic carbocycles. The van der Waals surface area contributed by atoms with Crippen LogP contribution in [0.5, 0.6) is 5.75 Å². The molecule has 1 N–H and O–H groups in total. The molecule has 1 saturated carbocycles. The van der Waals surface area contributed by atoms with Gasteiger partial charge in [0.1, 0.15) is 5.75 Å². The number of hydrogen-bond donors (Lipinski definition) is 1. The highest BCUT2D eigenvalue weighted by Crippen LogP contribution is 2.42. The third kappa shape index (κ3) is 4.24. The first-order valence-corrected chi connectivity index (χ1v) is 8.03. The smallest absolute Gasteiger partial charge is 0.119 e. The summed E-state index contributed by atoms with van der Waals surface area (Å²) in [6.07, 6.45) is 2.94. The van der Waals surface area contributed by atoms with E-state index in [-0.39, 0.29) is 6.10 Å². The van der Waals surface area contributed by atoms with E-state index in [0.717, 1.165) is 36.6 Å². The Balaban J connectivity index is 1.85. The molecule has 2 nitrogen and oxygen atoms in total. The van der Waals surface area contributed by atoms with Gasteiger partial charge in [-0.05, 0) is 75.2 Å². The van der Waals surface area contributed by atoms with Crippen molar-refractivity contribution in [2.24, 2.45) is 11.8 Å². The monoisotopic (exact) mass is 275 g/mol. The van der Waals surface area contributed by atoms with Crippen LogP contribution in [0.25, 0.3) is 0 Å². The lowest BCUT2D eigenvalue weighted by molar-refractivity contribution is 0.238. The van der Waals surface area contributed by atoms with Gasteiger partial charge in [0.2, 0.25) is 0 Å². The fourth-order valence-corrected chi connectivity index (χ4v) is 2.88. The maximum absolute atomic E-state index is 5.71. The fourth-order valence-electron chi connectivity index (χ4n) is 2.88. The summed E-state index contributed by atoms with van der Waals surface area (Å²) in [5.41, 5.74) is 1.48. The molecule has 2 heteroatoms. The predicted octanol–water partition coefficient (Wildman–Crippen LogP) is 4.21. The second kappa shape index (κ2) is 7.12. The van der Waals surface area contributed by atoms with Crippen LogP contribution in [-0.4, -0.2) is 19.2 Å². The molecule has 0 heterocycles. The first-order valence-electron chi connectivity index (χ1n) is 8.03. The van der Waals surface area contributed by atoms with Gasteiger partial charge in [0.05, 0.1) is 6.10 Å². The Hall–Kier alpha value is -1.02. The van der Waals surface area contributed by atoms with Gasteiger partial charge in [-0.1, -0.05) is 26.0 Å². The van der Waals surface area contributed by atoms with E-state index in [4.69, 9.17) is 4.74 Å². The van der Waals surface area contributed by atoms with E-state index >= 15 is 0 Å². The van der Waals surface area contributed by atoms with Crippen molar-refractivity contribution >= 4 is 0 Å². The number of benzene rings is 1. The Bertz CT molecular complexity index is 396. The summed E-state index contributed by atoms with van der Waals surface area (Å²) in [5.74, 6) is 3.27. The molecule has 0 aromatic heterocycles. The quantitative estimate of drug-likeness (QED) is 0.804. The van der Waals surface area contributed by atoms with Gasteiger partial charge in [0.25, 0.3) is 0 Å². The minimum Gasteiger partial charge on any atom is -0.491 e. The molecule has 2 unspecified atom stereocenters. The van der Waals surface area contributed by atoms with Gasteiger partial charge >= 0.3 is 0 Å². The SMILES string of the molecule is CC(C)CNCC1CCC1c1ccc(OC(C)C)cc1. The molecule has 0 saturated heterocycles. The number of rotatable bonds is 7. The van der Waals surface area contributed by atoms with Crippen LogP contribution < -0.4 is 10.1 Å². The molecule has 2 atom stereocenters. The fraction of sp³-hybridized carbons (Fsp3) is 0.667. The van der Waals surface area contributed by atoms with Crippen molar-refractivity contribution in [2.75, 3.05) is 13.1 Å². The average molecular weight is 275 g/mol. The molecule has 1 aromatic rings. The summed E-state index contributed by atoms with van der Waals surface area (Å²) in [4.78, 5) is 0. The zero-order valence-electron chi connectivity index (χ0n) is 13.4. The van der Waals surface area contributed by atoms with Crippen LogP contribution in [0.15, 0.2) is 24.3 Å². The molecule has 0 radical (unpaired) electrons. The second-order valence-electron chi connectivity index (χ2n) is 6.73. The van der Waals surface area contributed by atoms with Crippen molar-refractivity contribution in [1.29, 1.82) is 0 Å². The van der Waals surface area contributed by atoms with E-state index in [0.29, 0.717) is 0 Å². The molecule has 1 fully saturated rings. The van der Waals surface area contributed by atoms with E-state index in [9.17, 15) is 0 Å². The Labute approximate surface area is 123 Å². The van der Waals surface area contributed by atoms with Crippen LogP contribution in [0.2, 0.25) is 0 Å². The van der Waals surface area contributed by atoms with Gasteiger partial charge in [0, 0.05) is 0 Å². The van der Waals surface area contributed by atoms with E-state index in [1.165, 1.54) is 18.4 Å². The summed E-state index contributed by atoms with van der Waals surface area (Å²) in [5, 5.41) is 3.60. The van der Waals surface area contributed by atoms with Crippen molar-refractivity contribution in [1.82, 2.24) is 5.32 Å². The minimum absolute atomic E-state index is 0.248. The maximum Gasteiger partial charge on any atom is 0.119 e. The van der Waals surface area contributed by atoms with Crippen LogP contribution in [-0.2, 0) is 0 Å². The summed E-state index contributed by atoms with van der Waals surface area (Å²) < 4.78 is 5.71. The van der Waals surface area contributed by atoms with Crippen molar-refractivity contribution in [3.8, 4) is 5.75 Å². The molecule has 1 aliphatic rings. The molecular formula is C18H29NO. The molecule has 0 spiro atoms. The summed E-state index contributed by atoms with van der Waals surface area (Å²) >= 11 is 0. The third-order valence-corrected chi connectivity index (χ3v) is 4.06. The highest BCUT2D eigenvalue weighted by Gasteiger charge is 2.31. The van der Waals surface area contributed by atoms with Crippen LogP contribution in [0.3, 0.4) is 0 Å². The highest BCUT2D eigenvalue weighted by atomic mass is 16.5. The Kier molecular flexibility index (Phi) is 5.47. The normalized spacial score (nSPS) is 22.1. The molecule has 0 bridgehead atoms. The first kappa shape index (κ1) is 15.4. The van der Waals surface area contributed by atoms with Crippen LogP contribution in [0, 0.1) is 11.8 Å². The van der Waals surface area contributed by atoms with Crippen LogP contribution in [0.4, 0.5) is 0 Å². The van der Waals surface area contributed by atoms with Crippen molar-refractivity contribution in [3.63, 3.8) is 0 Å². The second-order valence-corrected chi connectivity index (χ2v) is 6.73. The lowest BCUT2D eigenvalue weighted by atomic mass is 9.70. The van der Waals surface area contributed by atoms with E-state index in [1.54, 1.807) is 0 Å². The van der Waals surface area contributed by atoms with Gasteiger partial charge in [-0.25, -0.2) is 0 Å². The molecule has 20 heavy (non-hydrogen) atoms. The number of hydrogen-bond acceptors (Lipinski definition) is 2. The lowest BCUT2D eigenvalue weighted by Gasteiger charge is -2.37. The van der Waals surface area contributed by atoms with Gasteiger partial charge in [0.15, 0.2) is 0 Å². The highest BCUT2D eigenvalue weighted by molar-refractivity contribution is 5.31. The zero-order valence-corrected chi connectivity index (χ0v) is 13.4. The van der Waals surface area contributed by atoms with Gasteiger partial charge in [-0.3, -0.25) is 0 Å². The van der Waals surface area contributed by atoms with Crippen LogP contribution >= 0.6 is 0 Å². The van der Waals surface area contributed by atoms with Gasteiger partial charge in [-0.15, -0.1) is 0 Å². The molecule has 1 aromatic carbocycles. The van der Waals surface area contributed by atoms with Gasteiger partial charge < -0.3 is 10.1 Å². The number of ether oxygens (including phenoxy) is 1. The predicted molar refractivity (Wildman–Crippen MR) is 85.4 cm³/mol. The van der Waals surface area contributed by atoms with Crippen molar-refractivity contribution in [3.05, 3.63) is 29.8 Å². The van der Waals surface area contributed by atoms with Crippen molar-refractivity contribution < 1.29 is 4.74 Å². The van der Waals surface area contributed by atoms with Crippen molar-refractivity contribution in [2.45, 2.75) is 52.6 Å². The topological polar surface area (TPSA) is 21.3 Å². The average Bonchev–Trinajstić information content (AvgIpc) is 2.34. The molecule has 0 aliphatic heterocycles. The zero-order chi connectivity index (χ0) is 14.5. The molecular weight excluding hydrogens is 246 g/mol. The minimum atomic E-state index is 0.248. The lowest BCUT2D eigenvalue weighted by Crippen LogP contribution is -2.35. The van der Waals surface area contributed by atoms with Crippen LogP contribution in [0.1, 0.15) is 52.0 Å². The first-order chi connectivity index (χ1) is 9.56. The standard InChI is InChI=1S/C18H29NO/c1-13(2)11-19-12-16-7-10-18(16)15-5-8-17(9-6-15)20-14(3)4/h5-6,8-9,13-14,16,18-19H,7,10-12H2,1-4H3. The molecule has 112 valence electrons. The molecule has 2 rings (SSSR count). The Morgan fingerprint density at radius 1 is 1.10 bits per heavy atom. The summed E-state index contributed by atoms with van der Waals surface area (Å²) in [6, 6.07) is 8.73. The summed E-state index contributed by atoms with van der Waals surface area (Å²) in [7, 11) is 0. The Morgan fingerprint density at radius 2 is 1.80 bits per heavy atom. The third-order valence-electron chi connectivity index (χ3n) is 4.06. The number of nitrogens with one attached hydrogen (secondary N) is 1. The maximum atomic E-state index is 5.71. The van der Waals surface area contributed by atoms with E-state index in [1.807, 2.05) is 0 Å². The Morgan fingerprint density at radius 3 is 2.30 bits per heavy atom. The molecule has 0 amide bonds. The van der Waals surface area contributed by atoms with E-state index < -0.39 is 0 Å².